The Morgan fingerprint density at radius 3 is 1.35 bits per heavy atom. The Hall–Kier alpha value is 0.735. The fraction of sp³-hybridized carbons (Fsp3) is 0.455. The SMILES string of the molecule is [B]C(CC)(CC)c1c(Cl)c(Cl)c(Cl)c(Cl)c1Cl. The molecule has 0 heterocycles. The van der Waals surface area contributed by atoms with Gasteiger partial charge >= 0.3 is 0 Å². The Labute approximate surface area is 128 Å². The van der Waals surface area contributed by atoms with E-state index in [-0.39, 0.29) is 25.1 Å². The molecule has 0 spiro atoms. The zero-order valence-electron chi connectivity index (χ0n) is 9.38. The van der Waals surface area contributed by atoms with Crippen molar-refractivity contribution in [3.63, 3.8) is 0 Å². The van der Waals surface area contributed by atoms with Crippen molar-refractivity contribution in [3.8, 4) is 0 Å². The van der Waals surface area contributed by atoms with Crippen molar-refractivity contribution >= 4 is 65.9 Å². The molecule has 0 saturated heterocycles. The van der Waals surface area contributed by atoms with E-state index in [2.05, 4.69) is 0 Å². The lowest BCUT2D eigenvalue weighted by Crippen LogP contribution is -2.25. The summed E-state index contributed by atoms with van der Waals surface area (Å²) in [4.78, 5) is 0. The highest BCUT2D eigenvalue weighted by Gasteiger charge is 2.31. The summed E-state index contributed by atoms with van der Waals surface area (Å²) in [5.41, 5.74) is 0.560. The molecule has 1 aromatic rings. The van der Waals surface area contributed by atoms with Gasteiger partial charge in [0.05, 0.1) is 33.0 Å². The molecule has 1 rings (SSSR count). The second-order valence-electron chi connectivity index (χ2n) is 3.81. The third kappa shape index (κ3) is 2.69. The van der Waals surface area contributed by atoms with Crippen molar-refractivity contribution < 1.29 is 0 Å². The van der Waals surface area contributed by atoms with Crippen LogP contribution in [-0.4, -0.2) is 7.85 Å². The molecule has 0 bridgehead atoms. The van der Waals surface area contributed by atoms with Gasteiger partial charge in [-0.3, -0.25) is 0 Å². The Bertz CT molecular complexity index is 411. The van der Waals surface area contributed by atoms with Gasteiger partial charge in [-0.2, -0.15) is 0 Å². The van der Waals surface area contributed by atoms with Gasteiger partial charge in [-0.25, -0.2) is 0 Å². The van der Waals surface area contributed by atoms with Crippen LogP contribution in [0, 0.1) is 0 Å². The van der Waals surface area contributed by atoms with E-state index in [4.69, 9.17) is 65.9 Å². The highest BCUT2D eigenvalue weighted by molar-refractivity contribution is 6.55. The monoisotopic (exact) mass is 328 g/mol. The summed E-state index contributed by atoms with van der Waals surface area (Å²) in [5, 5.41) is 0.423. The Morgan fingerprint density at radius 2 is 1.06 bits per heavy atom. The molecule has 0 aliphatic rings. The van der Waals surface area contributed by atoms with Crippen LogP contribution in [0.15, 0.2) is 0 Å². The maximum Gasteiger partial charge on any atom is 0.0811 e. The maximum atomic E-state index is 6.28. The summed E-state index contributed by atoms with van der Waals surface area (Å²) in [6.45, 7) is 3.90. The first kappa shape index (κ1) is 15.8. The second kappa shape index (κ2) is 5.80. The van der Waals surface area contributed by atoms with Gasteiger partial charge in [-0.1, -0.05) is 84.7 Å². The molecule has 0 unspecified atom stereocenters. The fourth-order valence-corrected chi connectivity index (χ4v) is 3.16. The lowest BCUT2D eigenvalue weighted by atomic mass is 9.61. The largest absolute Gasteiger partial charge is 0.0823 e. The third-order valence-electron chi connectivity index (χ3n) is 2.97. The summed E-state index contributed by atoms with van der Waals surface area (Å²) < 4.78 is 0. The zero-order chi connectivity index (χ0) is 13.4. The van der Waals surface area contributed by atoms with Gasteiger partial charge in [-0.05, 0) is 10.9 Å². The molecule has 0 atom stereocenters. The van der Waals surface area contributed by atoms with Crippen LogP contribution in [0.1, 0.15) is 32.3 Å². The van der Waals surface area contributed by atoms with Crippen LogP contribution in [0.4, 0.5) is 0 Å². The quantitative estimate of drug-likeness (QED) is 0.355. The number of hydrogen-bond acceptors (Lipinski definition) is 0. The first-order valence-electron chi connectivity index (χ1n) is 5.10. The van der Waals surface area contributed by atoms with Crippen molar-refractivity contribution in [1.82, 2.24) is 0 Å². The first-order chi connectivity index (χ1) is 7.80. The summed E-state index contributed by atoms with van der Waals surface area (Å²) in [6.07, 6.45) is 1.33. The molecule has 92 valence electrons. The fourth-order valence-electron chi connectivity index (χ4n) is 1.65. The van der Waals surface area contributed by atoms with Crippen LogP contribution in [0.25, 0.3) is 0 Å². The van der Waals surface area contributed by atoms with Crippen molar-refractivity contribution in [1.29, 1.82) is 0 Å². The summed E-state index contributed by atoms with van der Waals surface area (Å²) in [6, 6.07) is 0. The molecule has 0 nitrogen and oxygen atoms in total. The highest BCUT2D eigenvalue weighted by atomic mass is 35.5. The van der Waals surface area contributed by atoms with Crippen LogP contribution in [0.2, 0.25) is 25.1 Å². The summed E-state index contributed by atoms with van der Waals surface area (Å²) in [5.74, 6) is 0. The average Bonchev–Trinajstić information content (AvgIpc) is 2.33. The van der Waals surface area contributed by atoms with Gasteiger partial charge in [-0.15, -0.1) is 0 Å². The average molecular weight is 330 g/mol. The third-order valence-corrected chi connectivity index (χ3v) is 5.25. The molecule has 0 fully saturated rings. The number of hydrogen-bond donors (Lipinski definition) is 0. The number of benzene rings is 1. The highest BCUT2D eigenvalue weighted by Crippen LogP contribution is 2.48. The van der Waals surface area contributed by atoms with Gasteiger partial charge < -0.3 is 0 Å². The van der Waals surface area contributed by atoms with Gasteiger partial charge in [0, 0.05) is 0 Å². The van der Waals surface area contributed by atoms with Gasteiger partial charge in [0.25, 0.3) is 0 Å². The van der Waals surface area contributed by atoms with Crippen LogP contribution < -0.4 is 0 Å². The van der Waals surface area contributed by atoms with Crippen molar-refractivity contribution in [2.45, 2.75) is 32.0 Å². The van der Waals surface area contributed by atoms with E-state index in [1.54, 1.807) is 0 Å². The zero-order valence-corrected chi connectivity index (χ0v) is 13.2. The van der Waals surface area contributed by atoms with Crippen molar-refractivity contribution in [2.75, 3.05) is 0 Å². The standard InChI is InChI=1S/C11H10BCl5/c1-3-11(12,4-2)5-6(13)8(15)10(17)9(16)7(5)14/h3-4H2,1-2H3. The smallest absolute Gasteiger partial charge is 0.0811 e. The molecule has 0 amide bonds. The van der Waals surface area contributed by atoms with E-state index in [0.717, 1.165) is 0 Å². The number of rotatable bonds is 3. The summed E-state index contributed by atoms with van der Waals surface area (Å²) in [7, 11) is 6.28. The van der Waals surface area contributed by atoms with E-state index in [9.17, 15) is 0 Å². The molecule has 0 N–H and O–H groups in total. The van der Waals surface area contributed by atoms with E-state index >= 15 is 0 Å². The molecule has 0 aliphatic carbocycles. The van der Waals surface area contributed by atoms with Crippen LogP contribution in [0.3, 0.4) is 0 Å². The van der Waals surface area contributed by atoms with Crippen LogP contribution >= 0.6 is 58.0 Å². The lowest BCUT2D eigenvalue weighted by molar-refractivity contribution is 0.565. The maximum absolute atomic E-state index is 6.28. The van der Waals surface area contributed by atoms with E-state index in [1.807, 2.05) is 13.8 Å². The second-order valence-corrected chi connectivity index (χ2v) is 5.70. The molecule has 2 radical (unpaired) electrons. The predicted octanol–water partition coefficient (Wildman–Crippen LogP) is 6.14. The lowest BCUT2D eigenvalue weighted by Gasteiger charge is -2.31. The van der Waals surface area contributed by atoms with E-state index < -0.39 is 5.31 Å². The normalized spacial score (nSPS) is 11.9. The minimum absolute atomic E-state index is 0.154. The molecule has 6 heteroatoms. The van der Waals surface area contributed by atoms with E-state index in [1.165, 1.54) is 0 Å². The molecule has 17 heavy (non-hydrogen) atoms. The van der Waals surface area contributed by atoms with Crippen molar-refractivity contribution in [3.05, 3.63) is 30.7 Å². The molecule has 1 aromatic carbocycles. The van der Waals surface area contributed by atoms with Gasteiger partial charge in [0.1, 0.15) is 0 Å². The minimum Gasteiger partial charge on any atom is -0.0823 e. The van der Waals surface area contributed by atoms with Crippen LogP contribution in [0.5, 0.6) is 0 Å². The van der Waals surface area contributed by atoms with E-state index in [0.29, 0.717) is 18.4 Å². The molecular weight excluding hydrogens is 320 g/mol. The molecule has 0 aromatic heterocycles. The van der Waals surface area contributed by atoms with Gasteiger partial charge in [0.15, 0.2) is 0 Å². The Balaban J connectivity index is 3.65. The minimum atomic E-state index is -0.661. The Kier molecular flexibility index (Phi) is 5.38. The van der Waals surface area contributed by atoms with Gasteiger partial charge in [0.2, 0.25) is 0 Å². The molecule has 0 saturated carbocycles. The number of halogens is 5. The first-order valence-corrected chi connectivity index (χ1v) is 6.99. The molecular formula is C11H10BCl5. The topological polar surface area (TPSA) is 0 Å². The predicted molar refractivity (Wildman–Crippen MR) is 79.5 cm³/mol. The molecule has 0 aliphatic heterocycles. The summed E-state index contributed by atoms with van der Waals surface area (Å²) >= 11 is 30.3. The van der Waals surface area contributed by atoms with Crippen molar-refractivity contribution in [2.24, 2.45) is 0 Å². The van der Waals surface area contributed by atoms with Crippen LogP contribution in [-0.2, 0) is 5.31 Å². The Morgan fingerprint density at radius 1 is 0.765 bits per heavy atom.